The van der Waals surface area contributed by atoms with Gasteiger partial charge in [-0.15, -0.1) is 0 Å². The summed E-state index contributed by atoms with van der Waals surface area (Å²) < 4.78 is 11.9. The molecule has 0 spiro atoms. The zero-order valence-corrected chi connectivity index (χ0v) is 11.8. The van der Waals surface area contributed by atoms with E-state index in [0.717, 1.165) is 11.5 Å². The Morgan fingerprint density at radius 3 is 1.88 bits per heavy atom. The lowest BCUT2D eigenvalue weighted by Crippen LogP contribution is -2.45. The van der Waals surface area contributed by atoms with Crippen molar-refractivity contribution in [2.75, 3.05) is 14.2 Å². The van der Waals surface area contributed by atoms with Crippen molar-refractivity contribution in [2.24, 2.45) is 5.92 Å². The van der Waals surface area contributed by atoms with Gasteiger partial charge < -0.3 is 8.85 Å². The van der Waals surface area contributed by atoms with Crippen molar-refractivity contribution in [3.63, 3.8) is 0 Å². The molecule has 0 radical (unpaired) electrons. The van der Waals surface area contributed by atoms with Crippen molar-refractivity contribution in [1.29, 1.82) is 0 Å². The van der Waals surface area contributed by atoms with Gasteiger partial charge in [0.05, 0.1) is 0 Å². The van der Waals surface area contributed by atoms with E-state index in [2.05, 4.69) is 0 Å². The summed E-state index contributed by atoms with van der Waals surface area (Å²) in [6.07, 6.45) is 11.1. The van der Waals surface area contributed by atoms with E-state index in [1.165, 1.54) is 57.4 Å². The first-order valence-electron chi connectivity index (χ1n) is 6.91. The van der Waals surface area contributed by atoms with Crippen LogP contribution in [0.25, 0.3) is 0 Å². The molecule has 2 nitrogen and oxygen atoms in total. The molecule has 2 aliphatic carbocycles. The van der Waals surface area contributed by atoms with Crippen LogP contribution in [0.2, 0.25) is 11.6 Å². The van der Waals surface area contributed by atoms with Gasteiger partial charge in [0.15, 0.2) is 0 Å². The van der Waals surface area contributed by atoms with Crippen LogP contribution in [0.5, 0.6) is 0 Å². The van der Waals surface area contributed by atoms with E-state index in [-0.39, 0.29) is 0 Å². The third-order valence-corrected chi connectivity index (χ3v) is 9.07. The molecule has 0 heterocycles. The first kappa shape index (κ1) is 12.6. The first-order chi connectivity index (χ1) is 7.80. The van der Waals surface area contributed by atoms with Gasteiger partial charge in [-0.3, -0.25) is 0 Å². The monoisotopic (exact) mass is 242 g/mol. The number of hydrogen-bond donors (Lipinski definition) is 0. The van der Waals surface area contributed by atoms with Gasteiger partial charge in [-0.2, -0.15) is 0 Å². The van der Waals surface area contributed by atoms with Gasteiger partial charge in [-0.25, -0.2) is 0 Å². The fourth-order valence-corrected chi connectivity index (χ4v) is 7.73. The highest BCUT2D eigenvalue weighted by molar-refractivity contribution is 6.69. The highest BCUT2D eigenvalue weighted by Crippen LogP contribution is 2.44. The maximum Gasteiger partial charge on any atom is 0.341 e. The van der Waals surface area contributed by atoms with Gasteiger partial charge >= 0.3 is 8.56 Å². The molecule has 2 aliphatic rings. The molecule has 0 aromatic heterocycles. The van der Waals surface area contributed by atoms with E-state index in [9.17, 15) is 0 Å². The van der Waals surface area contributed by atoms with Gasteiger partial charge in [-0.05, 0) is 24.8 Å². The average molecular weight is 242 g/mol. The Hall–Kier alpha value is 0.137. The summed E-state index contributed by atoms with van der Waals surface area (Å²) in [6, 6.07) is 1.25. The van der Waals surface area contributed by atoms with E-state index in [1.807, 2.05) is 14.2 Å². The van der Waals surface area contributed by atoms with E-state index in [0.29, 0.717) is 0 Å². The van der Waals surface area contributed by atoms with Crippen LogP contribution >= 0.6 is 0 Å². The number of hydrogen-bond acceptors (Lipinski definition) is 2. The zero-order valence-electron chi connectivity index (χ0n) is 10.8. The van der Waals surface area contributed by atoms with Crippen LogP contribution in [0.4, 0.5) is 0 Å². The smallest absolute Gasteiger partial charge is 0.341 e. The van der Waals surface area contributed by atoms with Gasteiger partial charge in [0.2, 0.25) is 0 Å². The SMILES string of the molecule is CO[Si](CC1CCCC1)(OC)C1CCCC1. The third kappa shape index (κ3) is 2.52. The molecule has 0 aromatic rings. The highest BCUT2D eigenvalue weighted by atomic mass is 28.4. The molecule has 16 heavy (non-hydrogen) atoms. The van der Waals surface area contributed by atoms with E-state index in [1.54, 1.807) is 0 Å². The minimum absolute atomic E-state index is 0.767. The molecule has 0 amide bonds. The van der Waals surface area contributed by atoms with Crippen molar-refractivity contribution in [1.82, 2.24) is 0 Å². The van der Waals surface area contributed by atoms with E-state index >= 15 is 0 Å². The first-order valence-corrected chi connectivity index (χ1v) is 9.01. The quantitative estimate of drug-likeness (QED) is 0.682. The van der Waals surface area contributed by atoms with Crippen LogP contribution in [0.3, 0.4) is 0 Å². The maximum atomic E-state index is 5.95. The van der Waals surface area contributed by atoms with E-state index in [4.69, 9.17) is 8.85 Å². The molecule has 0 N–H and O–H groups in total. The summed E-state index contributed by atoms with van der Waals surface area (Å²) in [6.45, 7) is 0. The second-order valence-electron chi connectivity index (χ2n) is 5.56. The van der Waals surface area contributed by atoms with Crippen LogP contribution in [0.1, 0.15) is 51.4 Å². The largest absolute Gasteiger partial charge is 0.397 e. The molecule has 2 fully saturated rings. The molecule has 0 aliphatic heterocycles. The van der Waals surface area contributed by atoms with E-state index < -0.39 is 8.56 Å². The molecular formula is C13H26O2Si. The van der Waals surface area contributed by atoms with Crippen molar-refractivity contribution < 1.29 is 8.85 Å². The minimum Gasteiger partial charge on any atom is -0.397 e. The van der Waals surface area contributed by atoms with Crippen molar-refractivity contribution in [3.8, 4) is 0 Å². The summed E-state index contributed by atoms with van der Waals surface area (Å²) in [5, 5.41) is 0. The van der Waals surface area contributed by atoms with Crippen LogP contribution in [0.15, 0.2) is 0 Å². The predicted octanol–water partition coefficient (Wildman–Crippen LogP) is 3.86. The Morgan fingerprint density at radius 2 is 1.38 bits per heavy atom. The molecular weight excluding hydrogens is 216 g/mol. The Labute approximate surface area is 101 Å². The maximum absolute atomic E-state index is 5.95. The molecule has 0 bridgehead atoms. The molecule has 0 unspecified atom stereocenters. The molecule has 0 saturated heterocycles. The lowest BCUT2D eigenvalue weighted by molar-refractivity contribution is 0.220. The number of rotatable bonds is 5. The topological polar surface area (TPSA) is 18.5 Å². The van der Waals surface area contributed by atoms with Gasteiger partial charge in [0.1, 0.15) is 0 Å². The molecule has 0 aromatic carbocycles. The third-order valence-electron chi connectivity index (χ3n) is 4.72. The fraction of sp³-hybridized carbons (Fsp3) is 1.00. The van der Waals surface area contributed by atoms with Crippen molar-refractivity contribution in [3.05, 3.63) is 0 Å². The fourth-order valence-electron chi connectivity index (χ4n) is 3.73. The van der Waals surface area contributed by atoms with Crippen LogP contribution in [-0.4, -0.2) is 22.8 Å². The van der Waals surface area contributed by atoms with Crippen LogP contribution in [-0.2, 0) is 8.85 Å². The van der Waals surface area contributed by atoms with Crippen LogP contribution in [0, 0.1) is 5.92 Å². The second kappa shape index (κ2) is 5.65. The summed E-state index contributed by atoms with van der Waals surface area (Å²) >= 11 is 0. The lowest BCUT2D eigenvalue weighted by Gasteiger charge is -2.35. The Kier molecular flexibility index (Phi) is 4.45. The second-order valence-corrected chi connectivity index (χ2v) is 9.22. The lowest BCUT2D eigenvalue weighted by atomic mass is 10.1. The van der Waals surface area contributed by atoms with Gasteiger partial charge in [0, 0.05) is 19.8 Å². The summed E-state index contributed by atoms with van der Waals surface area (Å²) in [5.41, 5.74) is 0.767. The van der Waals surface area contributed by atoms with Crippen molar-refractivity contribution in [2.45, 2.75) is 63.0 Å². The Morgan fingerprint density at radius 1 is 0.875 bits per heavy atom. The van der Waals surface area contributed by atoms with Crippen LogP contribution < -0.4 is 0 Å². The molecule has 2 saturated carbocycles. The molecule has 0 atom stereocenters. The molecule has 94 valence electrons. The molecule has 2 rings (SSSR count). The zero-order chi connectivity index (χ0) is 11.4. The normalized spacial score (nSPS) is 24.4. The summed E-state index contributed by atoms with van der Waals surface area (Å²) in [7, 11) is 1.91. The average Bonchev–Trinajstić information content (AvgIpc) is 2.99. The predicted molar refractivity (Wildman–Crippen MR) is 68.8 cm³/mol. The standard InChI is InChI=1S/C13H26O2Si/c1-14-16(15-2,13-9-5-6-10-13)11-12-7-3-4-8-12/h12-13H,3-11H2,1-2H3. The Balaban J connectivity index is 2.00. The van der Waals surface area contributed by atoms with Gasteiger partial charge in [-0.1, -0.05) is 38.5 Å². The van der Waals surface area contributed by atoms with Gasteiger partial charge in [0.25, 0.3) is 0 Å². The molecule has 3 heteroatoms. The van der Waals surface area contributed by atoms with Crippen molar-refractivity contribution >= 4 is 8.56 Å². The summed E-state index contributed by atoms with van der Waals surface area (Å²) in [5.74, 6) is 0.896. The Bertz CT molecular complexity index is 204. The summed E-state index contributed by atoms with van der Waals surface area (Å²) in [4.78, 5) is 0. The minimum atomic E-state index is -1.88. The highest BCUT2D eigenvalue weighted by Gasteiger charge is 2.47.